The third-order valence-corrected chi connectivity index (χ3v) is 4.35. The van der Waals surface area contributed by atoms with Crippen LogP contribution in [0, 0.1) is 0 Å². The fourth-order valence-electron chi connectivity index (χ4n) is 2.04. The molecule has 3 rings (SSSR count). The lowest BCUT2D eigenvalue weighted by molar-refractivity contribution is -0.116. The molecule has 0 unspecified atom stereocenters. The van der Waals surface area contributed by atoms with Gasteiger partial charge in [0.1, 0.15) is 5.75 Å². The van der Waals surface area contributed by atoms with E-state index in [1.807, 2.05) is 17.5 Å². The van der Waals surface area contributed by atoms with E-state index in [-0.39, 0.29) is 12.3 Å². The van der Waals surface area contributed by atoms with Crippen molar-refractivity contribution in [3.63, 3.8) is 0 Å². The summed E-state index contributed by atoms with van der Waals surface area (Å²) in [5.74, 6) is 1.30. The van der Waals surface area contributed by atoms with Crippen molar-refractivity contribution in [2.75, 3.05) is 12.4 Å². The number of hydrogen-bond acceptors (Lipinski definition) is 6. The van der Waals surface area contributed by atoms with Crippen LogP contribution in [0.4, 0.5) is 5.69 Å². The molecule has 2 heterocycles. The number of nitrogens with zero attached hydrogens (tertiary/aromatic N) is 2. The lowest BCUT2D eigenvalue weighted by Gasteiger charge is -2.07. The lowest BCUT2D eigenvalue weighted by atomic mass is 10.2. The van der Waals surface area contributed by atoms with Crippen LogP contribution in [0.5, 0.6) is 5.75 Å². The van der Waals surface area contributed by atoms with Crippen molar-refractivity contribution < 1.29 is 13.9 Å². The Labute approximate surface area is 147 Å². The number of amides is 1. The number of thiophene rings is 1. The molecule has 0 atom stereocenters. The van der Waals surface area contributed by atoms with Crippen LogP contribution in [-0.4, -0.2) is 23.2 Å². The molecule has 2 aromatic heterocycles. The predicted molar refractivity (Wildman–Crippen MR) is 92.6 cm³/mol. The summed E-state index contributed by atoms with van der Waals surface area (Å²) in [7, 11) is 1.54. The standard InChI is InChI=1S/C16H14ClN3O3S/c1-22-12-5-4-10(9-11(12)17)18-14(21)6-7-15-19-20-16(23-15)13-3-2-8-24-13/h2-5,8-9H,6-7H2,1H3,(H,18,21). The topological polar surface area (TPSA) is 77.2 Å². The maximum absolute atomic E-state index is 12.0. The Balaban J connectivity index is 1.55. The molecule has 1 amide bonds. The number of nitrogens with one attached hydrogen (secondary N) is 1. The molecule has 0 aliphatic heterocycles. The van der Waals surface area contributed by atoms with Gasteiger partial charge >= 0.3 is 0 Å². The molecule has 0 fully saturated rings. The minimum atomic E-state index is -0.160. The maximum atomic E-state index is 12.0. The number of methoxy groups -OCH3 is 1. The maximum Gasteiger partial charge on any atom is 0.257 e. The van der Waals surface area contributed by atoms with E-state index in [2.05, 4.69) is 15.5 Å². The van der Waals surface area contributed by atoms with E-state index in [1.54, 1.807) is 18.2 Å². The summed E-state index contributed by atoms with van der Waals surface area (Å²) in [6, 6.07) is 8.88. The van der Waals surface area contributed by atoms with E-state index in [0.29, 0.717) is 34.7 Å². The second-order valence-corrected chi connectivity index (χ2v) is 6.23. The third-order valence-electron chi connectivity index (χ3n) is 3.20. The second kappa shape index (κ2) is 7.46. The third kappa shape index (κ3) is 3.93. The number of halogens is 1. The van der Waals surface area contributed by atoms with Crippen LogP contribution in [0.3, 0.4) is 0 Å². The molecule has 0 spiro atoms. The SMILES string of the molecule is COc1ccc(NC(=O)CCc2nnc(-c3cccs3)o2)cc1Cl. The predicted octanol–water partition coefficient (Wildman–Crippen LogP) is 4.03. The molecule has 24 heavy (non-hydrogen) atoms. The summed E-state index contributed by atoms with van der Waals surface area (Å²) in [4.78, 5) is 12.9. The molecule has 0 aliphatic rings. The summed E-state index contributed by atoms with van der Waals surface area (Å²) in [5, 5.41) is 13.1. The van der Waals surface area contributed by atoms with Gasteiger partial charge in [0.05, 0.1) is 17.0 Å². The van der Waals surface area contributed by atoms with Gasteiger partial charge in [0.25, 0.3) is 5.89 Å². The van der Waals surface area contributed by atoms with Crippen molar-refractivity contribution in [2.24, 2.45) is 0 Å². The van der Waals surface area contributed by atoms with Gasteiger partial charge in [-0.3, -0.25) is 4.79 Å². The van der Waals surface area contributed by atoms with Crippen molar-refractivity contribution in [3.8, 4) is 16.5 Å². The van der Waals surface area contributed by atoms with Gasteiger partial charge in [0.15, 0.2) is 0 Å². The van der Waals surface area contributed by atoms with E-state index in [9.17, 15) is 4.79 Å². The van der Waals surface area contributed by atoms with Gasteiger partial charge in [-0.1, -0.05) is 17.7 Å². The largest absolute Gasteiger partial charge is 0.495 e. The van der Waals surface area contributed by atoms with Gasteiger partial charge in [-0.25, -0.2) is 0 Å². The molecule has 0 aliphatic carbocycles. The summed E-state index contributed by atoms with van der Waals surface area (Å²) in [5.41, 5.74) is 0.607. The Bertz CT molecular complexity index is 833. The Morgan fingerprint density at radius 2 is 2.25 bits per heavy atom. The summed E-state index contributed by atoms with van der Waals surface area (Å²) in [6.45, 7) is 0. The summed E-state index contributed by atoms with van der Waals surface area (Å²) < 4.78 is 10.6. The van der Waals surface area contributed by atoms with E-state index in [4.69, 9.17) is 20.8 Å². The molecular formula is C16H14ClN3O3S. The molecule has 0 bridgehead atoms. The first-order valence-corrected chi connectivity index (χ1v) is 8.41. The fourth-order valence-corrected chi connectivity index (χ4v) is 2.94. The molecule has 6 nitrogen and oxygen atoms in total. The highest BCUT2D eigenvalue weighted by molar-refractivity contribution is 7.13. The molecule has 1 aromatic carbocycles. The molecular weight excluding hydrogens is 350 g/mol. The lowest BCUT2D eigenvalue weighted by Crippen LogP contribution is -2.12. The average Bonchev–Trinajstić information content (AvgIpc) is 3.24. The van der Waals surface area contributed by atoms with Gasteiger partial charge in [-0.05, 0) is 29.6 Å². The Kier molecular flexibility index (Phi) is 5.12. The quantitative estimate of drug-likeness (QED) is 0.715. The van der Waals surface area contributed by atoms with Gasteiger partial charge < -0.3 is 14.5 Å². The van der Waals surface area contributed by atoms with Crippen LogP contribution in [0.15, 0.2) is 40.1 Å². The first kappa shape index (κ1) is 16.5. The van der Waals surface area contributed by atoms with Crippen LogP contribution >= 0.6 is 22.9 Å². The minimum absolute atomic E-state index is 0.160. The number of aromatic nitrogens is 2. The van der Waals surface area contributed by atoms with Crippen molar-refractivity contribution in [1.29, 1.82) is 0 Å². The Hall–Kier alpha value is -2.38. The highest BCUT2D eigenvalue weighted by Crippen LogP contribution is 2.27. The minimum Gasteiger partial charge on any atom is -0.495 e. The Morgan fingerprint density at radius 3 is 2.96 bits per heavy atom. The number of anilines is 1. The van der Waals surface area contributed by atoms with E-state index in [1.165, 1.54) is 18.4 Å². The van der Waals surface area contributed by atoms with Gasteiger partial charge in [-0.15, -0.1) is 21.5 Å². The molecule has 124 valence electrons. The number of benzene rings is 1. The van der Waals surface area contributed by atoms with Crippen LogP contribution in [0.1, 0.15) is 12.3 Å². The second-order valence-electron chi connectivity index (χ2n) is 4.88. The van der Waals surface area contributed by atoms with Crippen LogP contribution < -0.4 is 10.1 Å². The van der Waals surface area contributed by atoms with Crippen molar-refractivity contribution in [3.05, 3.63) is 46.6 Å². The Morgan fingerprint density at radius 1 is 1.38 bits per heavy atom. The number of carbonyl (C=O) groups is 1. The van der Waals surface area contributed by atoms with Crippen LogP contribution in [-0.2, 0) is 11.2 Å². The molecule has 3 aromatic rings. The molecule has 0 saturated heterocycles. The smallest absolute Gasteiger partial charge is 0.257 e. The zero-order valence-corrected chi connectivity index (χ0v) is 14.4. The number of aryl methyl sites for hydroxylation is 1. The highest BCUT2D eigenvalue weighted by atomic mass is 35.5. The van der Waals surface area contributed by atoms with Crippen LogP contribution in [0.25, 0.3) is 10.8 Å². The van der Waals surface area contributed by atoms with Gasteiger partial charge in [-0.2, -0.15) is 0 Å². The molecule has 8 heteroatoms. The van der Waals surface area contributed by atoms with Crippen LogP contribution in [0.2, 0.25) is 5.02 Å². The zero-order valence-electron chi connectivity index (χ0n) is 12.8. The van der Waals surface area contributed by atoms with Crippen molar-refractivity contribution in [1.82, 2.24) is 10.2 Å². The number of rotatable bonds is 6. The molecule has 0 saturated carbocycles. The summed E-state index contributed by atoms with van der Waals surface area (Å²) >= 11 is 7.55. The van der Waals surface area contributed by atoms with E-state index < -0.39 is 0 Å². The van der Waals surface area contributed by atoms with Gasteiger partial charge in [0, 0.05) is 18.5 Å². The zero-order chi connectivity index (χ0) is 16.9. The summed E-state index contributed by atoms with van der Waals surface area (Å²) in [6.07, 6.45) is 0.601. The number of hydrogen-bond donors (Lipinski definition) is 1. The normalized spacial score (nSPS) is 10.6. The van der Waals surface area contributed by atoms with E-state index in [0.717, 1.165) is 4.88 Å². The monoisotopic (exact) mass is 363 g/mol. The number of ether oxygens (including phenoxy) is 1. The molecule has 1 N–H and O–H groups in total. The first-order valence-electron chi connectivity index (χ1n) is 7.15. The van der Waals surface area contributed by atoms with Crippen molar-refractivity contribution >= 4 is 34.5 Å². The van der Waals surface area contributed by atoms with Gasteiger partial charge in [0.2, 0.25) is 11.8 Å². The average molecular weight is 364 g/mol. The fraction of sp³-hybridized carbons (Fsp3) is 0.188. The van der Waals surface area contributed by atoms with E-state index >= 15 is 0 Å². The first-order chi connectivity index (χ1) is 11.7. The molecule has 0 radical (unpaired) electrons. The highest BCUT2D eigenvalue weighted by Gasteiger charge is 2.12. The van der Waals surface area contributed by atoms with Crippen molar-refractivity contribution in [2.45, 2.75) is 12.8 Å². The number of carbonyl (C=O) groups excluding carboxylic acids is 1.